The molecular weight excluding hydrogens is 312 g/mol. The first-order chi connectivity index (χ1) is 11.1. The second-order valence-electron chi connectivity index (χ2n) is 5.40. The second kappa shape index (κ2) is 8.26. The van der Waals surface area contributed by atoms with Crippen LogP contribution in [0.15, 0.2) is 23.2 Å². The minimum Gasteiger partial charge on any atom is -0.494 e. The lowest BCUT2D eigenvalue weighted by Crippen LogP contribution is -2.20. The number of rotatable bonds is 7. The summed E-state index contributed by atoms with van der Waals surface area (Å²) in [5.74, 6) is 0.617. The Morgan fingerprint density at radius 1 is 1.30 bits per heavy atom. The van der Waals surface area contributed by atoms with E-state index in [0.717, 1.165) is 16.0 Å². The second-order valence-corrected chi connectivity index (χ2v) is 6.41. The van der Waals surface area contributed by atoms with E-state index in [4.69, 9.17) is 9.47 Å². The van der Waals surface area contributed by atoms with E-state index in [-0.39, 0.29) is 11.8 Å². The first-order valence-electron chi connectivity index (χ1n) is 7.99. The van der Waals surface area contributed by atoms with Crippen molar-refractivity contribution in [2.75, 3.05) is 19.8 Å². The summed E-state index contributed by atoms with van der Waals surface area (Å²) >= 11 is 1.51. The number of fused-ring (bicyclic) bond motifs is 1. The van der Waals surface area contributed by atoms with E-state index in [1.807, 2.05) is 50.5 Å². The predicted molar refractivity (Wildman–Crippen MR) is 92.9 cm³/mol. The van der Waals surface area contributed by atoms with Gasteiger partial charge in [-0.1, -0.05) is 25.2 Å². The first-order valence-corrected chi connectivity index (χ1v) is 8.81. The van der Waals surface area contributed by atoms with Crippen molar-refractivity contribution in [3.63, 3.8) is 0 Å². The summed E-state index contributed by atoms with van der Waals surface area (Å²) in [6, 6.07) is 5.96. The Kier molecular flexibility index (Phi) is 6.36. The average molecular weight is 336 g/mol. The molecule has 0 unspecified atom stereocenters. The van der Waals surface area contributed by atoms with Crippen LogP contribution >= 0.6 is 11.3 Å². The molecule has 2 rings (SSSR count). The van der Waals surface area contributed by atoms with Crippen LogP contribution in [0.4, 0.5) is 0 Å². The standard InChI is InChI=1S/C17H24N2O3S/c1-5-21-10-9-19-14-8-7-13(22-6-2)11-15(14)23-17(19)18-16(20)12(3)4/h7-8,11-12H,5-6,9-10H2,1-4H3. The van der Waals surface area contributed by atoms with Gasteiger partial charge in [-0.3, -0.25) is 4.79 Å². The fourth-order valence-electron chi connectivity index (χ4n) is 2.13. The monoisotopic (exact) mass is 336 g/mol. The van der Waals surface area contributed by atoms with E-state index in [1.165, 1.54) is 11.3 Å². The normalized spacial score (nSPS) is 12.3. The molecule has 0 fully saturated rings. The van der Waals surface area contributed by atoms with Crippen LogP contribution < -0.4 is 9.54 Å². The highest BCUT2D eigenvalue weighted by Crippen LogP contribution is 2.23. The Bertz CT molecular complexity index is 731. The molecule has 5 nitrogen and oxygen atoms in total. The first kappa shape index (κ1) is 17.7. The summed E-state index contributed by atoms with van der Waals surface area (Å²) in [6.07, 6.45) is 0. The van der Waals surface area contributed by atoms with Gasteiger partial charge in [0.05, 0.1) is 23.4 Å². The van der Waals surface area contributed by atoms with Crippen molar-refractivity contribution in [2.45, 2.75) is 34.2 Å². The van der Waals surface area contributed by atoms with Crippen LogP contribution in [0.2, 0.25) is 0 Å². The van der Waals surface area contributed by atoms with E-state index in [1.54, 1.807) is 0 Å². The van der Waals surface area contributed by atoms with Crippen molar-refractivity contribution >= 4 is 27.5 Å². The van der Waals surface area contributed by atoms with Crippen LogP contribution in [0.1, 0.15) is 27.7 Å². The van der Waals surface area contributed by atoms with Gasteiger partial charge in [0.25, 0.3) is 5.91 Å². The predicted octanol–water partition coefficient (Wildman–Crippen LogP) is 3.22. The molecule has 6 heteroatoms. The number of hydrogen-bond donors (Lipinski definition) is 0. The minimum absolute atomic E-state index is 0.105. The SMILES string of the molecule is CCOCCn1c(=NC(=O)C(C)C)sc2cc(OCC)ccc21. The number of benzene rings is 1. The molecule has 0 saturated carbocycles. The smallest absolute Gasteiger partial charge is 0.250 e. The number of aromatic nitrogens is 1. The molecule has 2 aromatic rings. The van der Waals surface area contributed by atoms with Crippen LogP contribution in [0.25, 0.3) is 10.2 Å². The number of carbonyl (C=O) groups excluding carboxylic acids is 1. The van der Waals surface area contributed by atoms with Gasteiger partial charge < -0.3 is 14.0 Å². The molecule has 0 spiro atoms. The van der Waals surface area contributed by atoms with E-state index < -0.39 is 0 Å². The summed E-state index contributed by atoms with van der Waals surface area (Å²) in [6.45, 7) is 10.2. The van der Waals surface area contributed by atoms with E-state index in [2.05, 4.69) is 4.99 Å². The van der Waals surface area contributed by atoms with Gasteiger partial charge >= 0.3 is 0 Å². The van der Waals surface area contributed by atoms with E-state index >= 15 is 0 Å². The topological polar surface area (TPSA) is 52.8 Å². The number of carbonyl (C=O) groups is 1. The van der Waals surface area contributed by atoms with Gasteiger partial charge in [0.15, 0.2) is 4.80 Å². The third-order valence-corrected chi connectivity index (χ3v) is 4.37. The van der Waals surface area contributed by atoms with Gasteiger partial charge in [-0.2, -0.15) is 4.99 Å². The number of ether oxygens (including phenoxy) is 2. The van der Waals surface area contributed by atoms with Crippen LogP contribution in [-0.2, 0) is 16.1 Å². The third-order valence-electron chi connectivity index (χ3n) is 3.33. The summed E-state index contributed by atoms with van der Waals surface area (Å²) in [5.41, 5.74) is 1.05. The summed E-state index contributed by atoms with van der Waals surface area (Å²) in [7, 11) is 0. The van der Waals surface area contributed by atoms with Crippen LogP contribution in [0.5, 0.6) is 5.75 Å². The summed E-state index contributed by atoms with van der Waals surface area (Å²) in [5, 5.41) is 0. The molecule has 1 aromatic heterocycles. The molecule has 1 aromatic carbocycles. The Balaban J connectivity index is 2.49. The number of hydrogen-bond acceptors (Lipinski definition) is 4. The Morgan fingerprint density at radius 3 is 2.74 bits per heavy atom. The molecule has 0 N–H and O–H groups in total. The average Bonchev–Trinajstić information content (AvgIpc) is 2.84. The Morgan fingerprint density at radius 2 is 2.09 bits per heavy atom. The zero-order valence-electron chi connectivity index (χ0n) is 14.2. The zero-order chi connectivity index (χ0) is 16.8. The maximum absolute atomic E-state index is 12.0. The minimum atomic E-state index is -0.112. The van der Waals surface area contributed by atoms with Crippen molar-refractivity contribution in [3.05, 3.63) is 23.0 Å². The van der Waals surface area contributed by atoms with Gasteiger partial charge in [-0.05, 0) is 32.0 Å². The van der Waals surface area contributed by atoms with Crippen LogP contribution in [-0.4, -0.2) is 30.3 Å². The largest absolute Gasteiger partial charge is 0.494 e. The van der Waals surface area contributed by atoms with Crippen molar-refractivity contribution in [2.24, 2.45) is 10.9 Å². The quantitative estimate of drug-likeness (QED) is 0.730. The van der Waals surface area contributed by atoms with Crippen molar-refractivity contribution in [3.8, 4) is 5.75 Å². The molecular formula is C17H24N2O3S. The lowest BCUT2D eigenvalue weighted by Gasteiger charge is -2.06. The van der Waals surface area contributed by atoms with E-state index in [0.29, 0.717) is 31.2 Å². The van der Waals surface area contributed by atoms with Crippen LogP contribution in [0, 0.1) is 5.92 Å². The molecule has 0 saturated heterocycles. The van der Waals surface area contributed by atoms with Crippen molar-refractivity contribution in [1.29, 1.82) is 0 Å². The molecule has 0 aliphatic heterocycles. The fourth-order valence-corrected chi connectivity index (χ4v) is 3.22. The third kappa shape index (κ3) is 4.42. The fraction of sp³-hybridized carbons (Fsp3) is 0.529. The van der Waals surface area contributed by atoms with Gasteiger partial charge in [-0.15, -0.1) is 0 Å². The molecule has 1 amide bonds. The molecule has 0 aliphatic carbocycles. The van der Waals surface area contributed by atoms with Gasteiger partial charge in [0, 0.05) is 19.1 Å². The molecule has 0 aliphatic rings. The molecule has 126 valence electrons. The van der Waals surface area contributed by atoms with Crippen molar-refractivity contribution in [1.82, 2.24) is 4.57 Å². The molecule has 1 heterocycles. The van der Waals surface area contributed by atoms with Crippen LogP contribution in [0.3, 0.4) is 0 Å². The summed E-state index contributed by atoms with van der Waals surface area (Å²) in [4.78, 5) is 17.0. The number of amides is 1. The highest BCUT2D eigenvalue weighted by Gasteiger charge is 2.11. The lowest BCUT2D eigenvalue weighted by atomic mass is 10.2. The molecule has 23 heavy (non-hydrogen) atoms. The van der Waals surface area contributed by atoms with Gasteiger partial charge in [0.2, 0.25) is 0 Å². The number of thiazole rings is 1. The van der Waals surface area contributed by atoms with E-state index in [9.17, 15) is 4.79 Å². The lowest BCUT2D eigenvalue weighted by molar-refractivity contribution is -0.120. The molecule has 0 atom stereocenters. The van der Waals surface area contributed by atoms with Crippen molar-refractivity contribution < 1.29 is 14.3 Å². The highest BCUT2D eigenvalue weighted by molar-refractivity contribution is 7.16. The highest BCUT2D eigenvalue weighted by atomic mass is 32.1. The summed E-state index contributed by atoms with van der Waals surface area (Å²) < 4.78 is 14.1. The maximum Gasteiger partial charge on any atom is 0.250 e. The molecule has 0 bridgehead atoms. The van der Waals surface area contributed by atoms with Gasteiger partial charge in [-0.25, -0.2) is 0 Å². The Labute approximate surface area is 140 Å². The van der Waals surface area contributed by atoms with Gasteiger partial charge in [0.1, 0.15) is 5.75 Å². The molecule has 0 radical (unpaired) electrons. The zero-order valence-corrected chi connectivity index (χ0v) is 15.0. The number of nitrogens with zero attached hydrogens (tertiary/aromatic N) is 2. The maximum atomic E-state index is 12.0. The Hall–Kier alpha value is -1.66.